The minimum absolute atomic E-state index is 0.436. The van der Waals surface area contributed by atoms with Gasteiger partial charge in [-0.25, -0.2) is 9.67 Å². The standard InChI is InChI=1S/C21H22N4/c1-2-25-21-18(14-23-25)19(15-9-5-3-6-10-15)17(13-22)20(24-21)16-11-7-4-8-12-16/h4,7-8,11-12,14-15H,2-3,5-6,9-10H2,1H3. The highest BCUT2D eigenvalue weighted by Gasteiger charge is 2.26. The summed E-state index contributed by atoms with van der Waals surface area (Å²) in [6.07, 6.45) is 7.99. The Hall–Kier alpha value is -2.67. The van der Waals surface area contributed by atoms with Gasteiger partial charge in [0.1, 0.15) is 6.07 Å². The van der Waals surface area contributed by atoms with Crippen LogP contribution in [0.25, 0.3) is 22.3 Å². The van der Waals surface area contributed by atoms with Crippen LogP contribution in [-0.4, -0.2) is 14.8 Å². The average molecular weight is 330 g/mol. The molecule has 0 aliphatic heterocycles. The molecule has 0 amide bonds. The lowest BCUT2D eigenvalue weighted by molar-refractivity contribution is 0.445. The highest BCUT2D eigenvalue weighted by atomic mass is 15.3. The van der Waals surface area contributed by atoms with E-state index in [1.54, 1.807) is 0 Å². The second-order valence-electron chi connectivity index (χ2n) is 6.76. The first kappa shape index (κ1) is 15.8. The number of nitrogens with zero attached hydrogens (tertiary/aromatic N) is 4. The number of hydrogen-bond donors (Lipinski definition) is 0. The number of aromatic nitrogens is 3. The summed E-state index contributed by atoms with van der Waals surface area (Å²) in [4.78, 5) is 4.88. The molecule has 1 aliphatic rings. The number of nitriles is 1. The topological polar surface area (TPSA) is 54.5 Å². The summed E-state index contributed by atoms with van der Waals surface area (Å²) in [6.45, 7) is 2.86. The average Bonchev–Trinajstić information content (AvgIpc) is 3.10. The third-order valence-electron chi connectivity index (χ3n) is 5.30. The van der Waals surface area contributed by atoms with E-state index in [1.165, 1.54) is 24.8 Å². The first-order chi connectivity index (χ1) is 12.3. The molecule has 1 fully saturated rings. The summed E-state index contributed by atoms with van der Waals surface area (Å²) in [5, 5.41) is 15.6. The van der Waals surface area contributed by atoms with Crippen molar-refractivity contribution in [1.82, 2.24) is 14.8 Å². The van der Waals surface area contributed by atoms with Gasteiger partial charge < -0.3 is 0 Å². The van der Waals surface area contributed by atoms with Crippen LogP contribution in [0.15, 0.2) is 36.5 Å². The molecule has 0 radical (unpaired) electrons. The third kappa shape index (κ3) is 2.70. The molecule has 0 atom stereocenters. The van der Waals surface area contributed by atoms with Crippen LogP contribution < -0.4 is 0 Å². The smallest absolute Gasteiger partial charge is 0.158 e. The molecule has 3 aromatic rings. The second kappa shape index (κ2) is 6.68. The zero-order chi connectivity index (χ0) is 17.2. The second-order valence-corrected chi connectivity index (χ2v) is 6.76. The van der Waals surface area contributed by atoms with Crippen molar-refractivity contribution >= 4 is 11.0 Å². The Morgan fingerprint density at radius 3 is 2.60 bits per heavy atom. The minimum Gasteiger partial charge on any atom is -0.248 e. The number of pyridine rings is 1. The van der Waals surface area contributed by atoms with Gasteiger partial charge in [0, 0.05) is 17.5 Å². The zero-order valence-electron chi connectivity index (χ0n) is 14.6. The fourth-order valence-corrected chi connectivity index (χ4v) is 4.08. The maximum Gasteiger partial charge on any atom is 0.158 e. The predicted octanol–water partition coefficient (Wildman–Crippen LogP) is 5.04. The van der Waals surface area contributed by atoms with Gasteiger partial charge in [-0.3, -0.25) is 0 Å². The molecule has 4 heteroatoms. The Labute approximate surface area is 148 Å². The molecule has 1 aromatic carbocycles. The minimum atomic E-state index is 0.436. The maximum absolute atomic E-state index is 10.00. The van der Waals surface area contributed by atoms with Crippen molar-refractivity contribution in [2.75, 3.05) is 0 Å². The monoisotopic (exact) mass is 330 g/mol. The molecule has 2 heterocycles. The van der Waals surface area contributed by atoms with E-state index in [1.807, 2.05) is 41.2 Å². The number of rotatable bonds is 3. The van der Waals surface area contributed by atoms with Crippen molar-refractivity contribution in [1.29, 1.82) is 5.26 Å². The Bertz CT molecular complexity index is 928. The summed E-state index contributed by atoms with van der Waals surface area (Å²) in [7, 11) is 0. The molecule has 1 saturated carbocycles. The van der Waals surface area contributed by atoms with Gasteiger partial charge >= 0.3 is 0 Å². The summed E-state index contributed by atoms with van der Waals surface area (Å²) >= 11 is 0. The normalized spacial score (nSPS) is 15.4. The van der Waals surface area contributed by atoms with Gasteiger partial charge in [0.15, 0.2) is 5.65 Å². The molecule has 0 bridgehead atoms. The highest BCUT2D eigenvalue weighted by Crippen LogP contribution is 2.40. The Morgan fingerprint density at radius 2 is 1.92 bits per heavy atom. The number of benzene rings is 1. The fourth-order valence-electron chi connectivity index (χ4n) is 4.08. The van der Waals surface area contributed by atoms with E-state index in [-0.39, 0.29) is 0 Å². The van der Waals surface area contributed by atoms with Crippen LogP contribution in [0.5, 0.6) is 0 Å². The molecule has 0 unspecified atom stereocenters. The molecule has 2 aromatic heterocycles. The van der Waals surface area contributed by atoms with Crippen LogP contribution in [0.1, 0.15) is 56.1 Å². The molecule has 0 N–H and O–H groups in total. The SMILES string of the molecule is CCn1ncc2c(C3CCCCC3)c(C#N)c(-c3ccccc3)nc21. The summed E-state index contributed by atoms with van der Waals surface area (Å²) in [5.41, 5.74) is 4.61. The molecule has 4 nitrogen and oxygen atoms in total. The van der Waals surface area contributed by atoms with E-state index in [4.69, 9.17) is 4.98 Å². The van der Waals surface area contributed by atoms with E-state index in [9.17, 15) is 5.26 Å². The Balaban J connectivity index is 2.03. The molecule has 1 aliphatic carbocycles. The van der Waals surface area contributed by atoms with Gasteiger partial charge in [0.2, 0.25) is 0 Å². The summed E-state index contributed by atoms with van der Waals surface area (Å²) in [6, 6.07) is 12.5. The molecule has 0 spiro atoms. The lowest BCUT2D eigenvalue weighted by Gasteiger charge is -2.24. The maximum atomic E-state index is 10.00. The lowest BCUT2D eigenvalue weighted by atomic mass is 9.80. The summed E-state index contributed by atoms with van der Waals surface area (Å²) < 4.78 is 1.94. The van der Waals surface area contributed by atoms with Crippen LogP contribution in [0.2, 0.25) is 0 Å². The van der Waals surface area contributed by atoms with Gasteiger partial charge in [-0.05, 0) is 31.2 Å². The van der Waals surface area contributed by atoms with Crippen LogP contribution in [0.3, 0.4) is 0 Å². The molecular formula is C21H22N4. The van der Waals surface area contributed by atoms with Crippen LogP contribution in [0.4, 0.5) is 0 Å². The summed E-state index contributed by atoms with van der Waals surface area (Å²) in [5.74, 6) is 0.436. The van der Waals surface area contributed by atoms with Crippen molar-refractivity contribution < 1.29 is 0 Å². The van der Waals surface area contributed by atoms with Gasteiger partial charge in [-0.15, -0.1) is 0 Å². The van der Waals surface area contributed by atoms with Crippen molar-refractivity contribution in [3.8, 4) is 17.3 Å². The third-order valence-corrected chi connectivity index (χ3v) is 5.30. The van der Waals surface area contributed by atoms with E-state index in [2.05, 4.69) is 18.1 Å². The lowest BCUT2D eigenvalue weighted by Crippen LogP contribution is -2.09. The predicted molar refractivity (Wildman–Crippen MR) is 99.2 cm³/mol. The molecule has 25 heavy (non-hydrogen) atoms. The van der Waals surface area contributed by atoms with E-state index >= 15 is 0 Å². The number of hydrogen-bond acceptors (Lipinski definition) is 3. The van der Waals surface area contributed by atoms with E-state index < -0.39 is 0 Å². The Kier molecular flexibility index (Phi) is 4.23. The number of aryl methyl sites for hydroxylation is 1. The van der Waals surface area contributed by atoms with Gasteiger partial charge in [0.25, 0.3) is 0 Å². The zero-order valence-corrected chi connectivity index (χ0v) is 14.6. The van der Waals surface area contributed by atoms with Crippen LogP contribution in [-0.2, 0) is 6.54 Å². The van der Waals surface area contributed by atoms with Crippen LogP contribution >= 0.6 is 0 Å². The van der Waals surface area contributed by atoms with Crippen molar-refractivity contribution in [2.24, 2.45) is 0 Å². The molecule has 4 rings (SSSR count). The Morgan fingerprint density at radius 1 is 1.16 bits per heavy atom. The van der Waals surface area contributed by atoms with Gasteiger partial charge in [-0.2, -0.15) is 10.4 Å². The quantitative estimate of drug-likeness (QED) is 0.676. The molecule has 126 valence electrons. The first-order valence-corrected chi connectivity index (χ1v) is 9.18. The van der Waals surface area contributed by atoms with Crippen molar-refractivity contribution in [2.45, 2.75) is 51.5 Å². The number of fused-ring (bicyclic) bond motifs is 1. The fraction of sp³-hybridized carbons (Fsp3) is 0.381. The van der Waals surface area contributed by atoms with Crippen molar-refractivity contribution in [3.05, 3.63) is 47.7 Å². The van der Waals surface area contributed by atoms with Gasteiger partial charge in [-0.1, -0.05) is 49.6 Å². The van der Waals surface area contributed by atoms with Crippen molar-refractivity contribution in [3.63, 3.8) is 0 Å². The molecular weight excluding hydrogens is 308 g/mol. The highest BCUT2D eigenvalue weighted by molar-refractivity contribution is 5.87. The van der Waals surface area contributed by atoms with Crippen LogP contribution in [0, 0.1) is 11.3 Å². The van der Waals surface area contributed by atoms with E-state index in [0.29, 0.717) is 5.92 Å². The first-order valence-electron chi connectivity index (χ1n) is 9.18. The van der Waals surface area contributed by atoms with E-state index in [0.717, 1.165) is 47.2 Å². The largest absolute Gasteiger partial charge is 0.248 e. The van der Waals surface area contributed by atoms with Gasteiger partial charge in [0.05, 0.1) is 17.5 Å². The molecule has 0 saturated heterocycles.